The first kappa shape index (κ1) is 21.5. The van der Waals surface area contributed by atoms with Crippen molar-refractivity contribution < 1.29 is 23.4 Å². The Morgan fingerprint density at radius 1 is 1.12 bits per heavy atom. The second-order valence-corrected chi connectivity index (χ2v) is 7.29. The normalized spacial score (nSPS) is 12.8. The molecule has 4 rings (SSSR count). The number of halogens is 1. The molecule has 6 nitrogen and oxygen atoms in total. The number of hydrogen-bond donors (Lipinski definition) is 0. The summed E-state index contributed by atoms with van der Waals surface area (Å²) in [7, 11) is 0. The Labute approximate surface area is 185 Å². The highest BCUT2D eigenvalue weighted by atomic mass is 19.1. The molecule has 2 heterocycles. The SMILES string of the molecule is [C-]#[N+]c1ccc2c(c1)COCc1cc(c(F)cc1CC(=O)OCC)-c1cccc(n1)OC2. The van der Waals surface area contributed by atoms with E-state index in [-0.39, 0.29) is 32.8 Å². The van der Waals surface area contributed by atoms with E-state index < -0.39 is 11.8 Å². The number of aromatic nitrogens is 1. The lowest BCUT2D eigenvalue weighted by Gasteiger charge is -2.14. The average Bonchev–Trinajstić information content (AvgIpc) is 2.80. The molecule has 0 spiro atoms. The number of carbonyl (C=O) groups excluding carboxylic acids is 1. The Bertz CT molecular complexity index is 1200. The van der Waals surface area contributed by atoms with Crippen molar-refractivity contribution in [2.75, 3.05) is 6.61 Å². The average molecular weight is 432 g/mol. The minimum Gasteiger partial charge on any atom is -0.473 e. The van der Waals surface area contributed by atoms with Crippen LogP contribution in [0.2, 0.25) is 0 Å². The number of nitrogens with zero attached hydrogens (tertiary/aromatic N) is 2. The third-order valence-corrected chi connectivity index (χ3v) is 5.14. The number of rotatable bonds is 3. The van der Waals surface area contributed by atoms with Crippen molar-refractivity contribution in [3.8, 4) is 17.1 Å². The summed E-state index contributed by atoms with van der Waals surface area (Å²) in [5.41, 5.74) is 4.09. The van der Waals surface area contributed by atoms with Crippen LogP contribution in [-0.4, -0.2) is 17.6 Å². The van der Waals surface area contributed by atoms with Gasteiger partial charge in [-0.2, -0.15) is 0 Å². The lowest BCUT2D eigenvalue weighted by molar-refractivity contribution is -0.142. The van der Waals surface area contributed by atoms with Gasteiger partial charge in [0.25, 0.3) is 0 Å². The molecule has 3 aromatic rings. The minimum atomic E-state index is -0.488. The van der Waals surface area contributed by atoms with Crippen LogP contribution < -0.4 is 4.74 Å². The number of hydrogen-bond acceptors (Lipinski definition) is 5. The van der Waals surface area contributed by atoms with E-state index in [1.165, 1.54) is 6.07 Å². The summed E-state index contributed by atoms with van der Waals surface area (Å²) >= 11 is 0. The molecule has 1 aliphatic rings. The van der Waals surface area contributed by atoms with Gasteiger partial charge in [-0.1, -0.05) is 24.3 Å². The van der Waals surface area contributed by atoms with Crippen LogP contribution in [0.15, 0.2) is 48.5 Å². The molecule has 0 unspecified atom stereocenters. The molecule has 0 radical (unpaired) electrons. The second-order valence-electron chi connectivity index (χ2n) is 7.29. The van der Waals surface area contributed by atoms with Crippen LogP contribution in [0.25, 0.3) is 16.1 Å². The van der Waals surface area contributed by atoms with Gasteiger partial charge in [0, 0.05) is 11.6 Å². The number of carbonyl (C=O) groups is 1. The molecular weight excluding hydrogens is 411 g/mol. The lowest BCUT2D eigenvalue weighted by Crippen LogP contribution is -2.11. The van der Waals surface area contributed by atoms with E-state index in [4.69, 9.17) is 20.8 Å². The monoisotopic (exact) mass is 432 g/mol. The highest BCUT2D eigenvalue weighted by molar-refractivity contribution is 5.74. The zero-order chi connectivity index (χ0) is 22.5. The van der Waals surface area contributed by atoms with Crippen molar-refractivity contribution in [1.82, 2.24) is 4.98 Å². The number of pyridine rings is 1. The molecule has 162 valence electrons. The van der Waals surface area contributed by atoms with Gasteiger partial charge in [-0.15, -0.1) is 0 Å². The van der Waals surface area contributed by atoms with Crippen molar-refractivity contribution in [2.24, 2.45) is 0 Å². The predicted octanol–water partition coefficient (Wildman–Crippen LogP) is 5.15. The van der Waals surface area contributed by atoms with Crippen LogP contribution >= 0.6 is 0 Å². The van der Waals surface area contributed by atoms with Gasteiger partial charge in [0.2, 0.25) is 5.88 Å². The number of fused-ring (bicyclic) bond motifs is 6. The first-order valence-corrected chi connectivity index (χ1v) is 10.2. The topological polar surface area (TPSA) is 62.0 Å². The largest absolute Gasteiger partial charge is 0.473 e. The van der Waals surface area contributed by atoms with E-state index in [0.717, 1.165) is 11.1 Å². The molecule has 7 heteroatoms. The zero-order valence-electron chi connectivity index (χ0n) is 17.6. The maximum Gasteiger partial charge on any atom is 0.310 e. The van der Waals surface area contributed by atoms with E-state index >= 15 is 4.39 Å². The van der Waals surface area contributed by atoms with Crippen molar-refractivity contribution in [3.05, 3.63) is 88.0 Å². The summed E-state index contributed by atoms with van der Waals surface area (Å²) in [6.45, 7) is 9.88. The Hall–Kier alpha value is -3.76. The molecule has 0 saturated carbocycles. The van der Waals surface area contributed by atoms with Gasteiger partial charge in [-0.3, -0.25) is 4.79 Å². The molecule has 1 aliphatic heterocycles. The van der Waals surface area contributed by atoms with E-state index in [0.29, 0.717) is 34.0 Å². The van der Waals surface area contributed by atoms with Crippen LogP contribution in [0.5, 0.6) is 5.88 Å². The predicted molar refractivity (Wildman–Crippen MR) is 115 cm³/mol. The van der Waals surface area contributed by atoms with Gasteiger partial charge >= 0.3 is 5.97 Å². The van der Waals surface area contributed by atoms with E-state index in [9.17, 15) is 4.79 Å². The molecule has 32 heavy (non-hydrogen) atoms. The standard InChI is InChI=1S/C25H21FN2O4/c1-3-31-25(29)12-17-11-22(26)21-10-19(17)14-30-13-18-9-20(27-2)8-7-16(18)15-32-24-6-4-5-23(21)28-24/h4-11H,3,12-15H2,1H3. The van der Waals surface area contributed by atoms with Crippen molar-refractivity contribution >= 4 is 11.7 Å². The molecule has 0 aliphatic carbocycles. The van der Waals surface area contributed by atoms with Gasteiger partial charge < -0.3 is 14.2 Å². The molecule has 1 aromatic heterocycles. The fourth-order valence-electron chi connectivity index (χ4n) is 3.55. The molecule has 2 aromatic carbocycles. The maximum absolute atomic E-state index is 15.0. The molecule has 0 amide bonds. The molecule has 0 fully saturated rings. The van der Waals surface area contributed by atoms with E-state index in [1.807, 2.05) is 6.07 Å². The highest BCUT2D eigenvalue weighted by Gasteiger charge is 2.17. The first-order chi connectivity index (χ1) is 15.6. The third-order valence-electron chi connectivity index (χ3n) is 5.14. The fourth-order valence-corrected chi connectivity index (χ4v) is 3.55. The summed E-state index contributed by atoms with van der Waals surface area (Å²) in [6.07, 6.45) is -0.0568. The third kappa shape index (κ3) is 4.76. The summed E-state index contributed by atoms with van der Waals surface area (Å²) in [4.78, 5) is 20.0. The van der Waals surface area contributed by atoms with Gasteiger partial charge in [0.15, 0.2) is 5.69 Å². The van der Waals surface area contributed by atoms with Crippen molar-refractivity contribution in [1.29, 1.82) is 0 Å². The Morgan fingerprint density at radius 2 is 1.97 bits per heavy atom. The maximum atomic E-state index is 15.0. The van der Waals surface area contributed by atoms with Crippen LogP contribution in [0.1, 0.15) is 29.2 Å². The zero-order valence-corrected chi connectivity index (χ0v) is 17.6. The Balaban J connectivity index is 1.77. The van der Waals surface area contributed by atoms with Gasteiger partial charge in [-0.05, 0) is 47.4 Å². The van der Waals surface area contributed by atoms with Crippen LogP contribution in [0.4, 0.5) is 10.1 Å². The Morgan fingerprint density at radius 3 is 2.78 bits per heavy atom. The summed E-state index contributed by atoms with van der Waals surface area (Å²) in [6, 6.07) is 13.5. The number of benzene rings is 2. The summed E-state index contributed by atoms with van der Waals surface area (Å²) in [5, 5.41) is 0. The Kier molecular flexibility index (Phi) is 6.43. The summed E-state index contributed by atoms with van der Waals surface area (Å²) < 4.78 is 31.8. The molecule has 0 N–H and O–H groups in total. The van der Waals surface area contributed by atoms with Gasteiger partial charge in [0.05, 0.1) is 38.5 Å². The number of esters is 1. The quantitative estimate of drug-likeness (QED) is 0.423. The number of ether oxygens (including phenoxy) is 3. The fraction of sp³-hybridized carbons (Fsp3) is 0.240. The lowest BCUT2D eigenvalue weighted by atomic mass is 9.99. The highest BCUT2D eigenvalue weighted by Crippen LogP contribution is 2.29. The summed E-state index contributed by atoms with van der Waals surface area (Å²) in [5.74, 6) is -0.559. The van der Waals surface area contributed by atoms with E-state index in [2.05, 4.69) is 9.83 Å². The molecule has 0 saturated heterocycles. The van der Waals surface area contributed by atoms with Gasteiger partial charge in [-0.25, -0.2) is 14.2 Å². The van der Waals surface area contributed by atoms with Crippen LogP contribution in [0, 0.1) is 12.4 Å². The van der Waals surface area contributed by atoms with Crippen molar-refractivity contribution in [3.63, 3.8) is 0 Å². The van der Waals surface area contributed by atoms with E-state index in [1.54, 1.807) is 43.3 Å². The second kappa shape index (κ2) is 9.58. The minimum absolute atomic E-state index is 0.0568. The molecule has 4 bridgehead atoms. The molecule has 0 atom stereocenters. The van der Waals surface area contributed by atoms with Crippen LogP contribution in [-0.2, 0) is 40.5 Å². The molecular formula is C25H21FN2O4. The van der Waals surface area contributed by atoms with Crippen LogP contribution in [0.3, 0.4) is 0 Å². The van der Waals surface area contributed by atoms with Gasteiger partial charge in [0.1, 0.15) is 12.4 Å². The first-order valence-electron chi connectivity index (χ1n) is 10.2. The smallest absolute Gasteiger partial charge is 0.310 e. The van der Waals surface area contributed by atoms with Crippen molar-refractivity contribution in [2.45, 2.75) is 33.2 Å².